The van der Waals surface area contributed by atoms with E-state index >= 15 is 0 Å². The van der Waals surface area contributed by atoms with Crippen LogP contribution < -0.4 is 10.3 Å². The van der Waals surface area contributed by atoms with Crippen molar-refractivity contribution in [1.29, 1.82) is 0 Å². The minimum Gasteiger partial charge on any atom is -0.487 e. The van der Waals surface area contributed by atoms with Crippen molar-refractivity contribution in [3.05, 3.63) is 83.2 Å². The molecule has 0 saturated carbocycles. The van der Waals surface area contributed by atoms with E-state index in [4.69, 9.17) is 4.74 Å². The molecule has 1 amide bonds. The summed E-state index contributed by atoms with van der Waals surface area (Å²) in [6.45, 7) is 1.80. The number of amides is 1. The molecular formula is C23H22N6O3. The van der Waals surface area contributed by atoms with Crippen molar-refractivity contribution in [1.82, 2.24) is 29.4 Å². The molecule has 1 aliphatic heterocycles. The van der Waals surface area contributed by atoms with E-state index in [1.54, 1.807) is 21.7 Å². The fourth-order valence-corrected chi connectivity index (χ4v) is 3.70. The fraction of sp³-hybridized carbons (Fsp3) is 0.261. The molecule has 9 heteroatoms. The first kappa shape index (κ1) is 19.9. The third-order valence-electron chi connectivity index (χ3n) is 5.57. The van der Waals surface area contributed by atoms with Crippen LogP contribution in [0.3, 0.4) is 0 Å². The molecule has 0 atom stereocenters. The molecule has 0 radical (unpaired) electrons. The predicted molar refractivity (Wildman–Crippen MR) is 117 cm³/mol. The van der Waals surface area contributed by atoms with E-state index in [0.29, 0.717) is 37.1 Å². The molecule has 9 nitrogen and oxygen atoms in total. The topological polar surface area (TPSA) is 95.1 Å². The highest BCUT2D eigenvalue weighted by molar-refractivity contribution is 5.78. The first-order valence-corrected chi connectivity index (χ1v) is 10.5. The van der Waals surface area contributed by atoms with Crippen molar-refractivity contribution in [2.24, 2.45) is 0 Å². The molecular weight excluding hydrogens is 408 g/mol. The van der Waals surface area contributed by atoms with Crippen LogP contribution in [-0.4, -0.2) is 48.4 Å². The van der Waals surface area contributed by atoms with Crippen molar-refractivity contribution in [3.8, 4) is 5.75 Å². The second-order valence-electron chi connectivity index (χ2n) is 7.75. The van der Waals surface area contributed by atoms with E-state index in [2.05, 4.69) is 15.3 Å². The minimum absolute atomic E-state index is 0.00839. The number of rotatable bonds is 7. The maximum atomic E-state index is 12.5. The van der Waals surface area contributed by atoms with Gasteiger partial charge in [-0.15, -0.1) is 5.10 Å². The zero-order valence-corrected chi connectivity index (χ0v) is 17.4. The lowest BCUT2D eigenvalue weighted by atomic mass is 10.1. The molecule has 0 bridgehead atoms. The Morgan fingerprint density at radius 3 is 2.69 bits per heavy atom. The van der Waals surface area contributed by atoms with E-state index in [1.807, 2.05) is 48.7 Å². The number of fused-ring (bicyclic) bond motifs is 1. The second-order valence-corrected chi connectivity index (χ2v) is 7.75. The zero-order valence-electron chi connectivity index (χ0n) is 17.4. The van der Waals surface area contributed by atoms with E-state index in [1.165, 1.54) is 10.9 Å². The molecule has 1 saturated heterocycles. The van der Waals surface area contributed by atoms with Gasteiger partial charge in [-0.3, -0.25) is 14.2 Å². The van der Waals surface area contributed by atoms with Gasteiger partial charge >= 0.3 is 0 Å². The van der Waals surface area contributed by atoms with E-state index in [9.17, 15) is 9.59 Å². The van der Waals surface area contributed by atoms with Gasteiger partial charge in [0.2, 0.25) is 5.91 Å². The van der Waals surface area contributed by atoms with Crippen LogP contribution in [0.1, 0.15) is 18.2 Å². The quantitative estimate of drug-likeness (QED) is 0.445. The number of hydrogen-bond donors (Lipinski definition) is 0. The number of likely N-dealkylation sites (tertiary alicyclic amines) is 1. The summed E-state index contributed by atoms with van der Waals surface area (Å²) >= 11 is 0. The minimum atomic E-state index is -0.127. The summed E-state index contributed by atoms with van der Waals surface area (Å²) in [5, 5.41) is 8.89. The number of para-hydroxylation sites is 2. The van der Waals surface area contributed by atoms with Crippen molar-refractivity contribution >= 4 is 16.8 Å². The Bertz CT molecular complexity index is 1290. The standard InChI is InChI=1S/C23H22N6O3/c30-22(10-11-27-16-24-21-9-5-4-8-20(21)23(27)31)28-13-18(14-28)29-12-17(25-26-29)15-32-19-6-2-1-3-7-19/h1-9,12,16,18H,10-11,13-15H2. The molecule has 0 aliphatic carbocycles. The van der Waals surface area contributed by atoms with Crippen molar-refractivity contribution < 1.29 is 9.53 Å². The number of ether oxygens (including phenoxy) is 1. The van der Waals surface area contributed by atoms with E-state index in [0.717, 1.165) is 11.4 Å². The van der Waals surface area contributed by atoms with E-state index in [-0.39, 0.29) is 23.9 Å². The average Bonchev–Trinajstić information content (AvgIpc) is 3.25. The molecule has 0 spiro atoms. The molecule has 32 heavy (non-hydrogen) atoms. The predicted octanol–water partition coefficient (Wildman–Crippen LogP) is 2.04. The molecule has 4 aromatic rings. The lowest BCUT2D eigenvalue weighted by molar-refractivity contribution is -0.137. The van der Waals surface area contributed by atoms with Crippen LogP contribution in [0.5, 0.6) is 5.75 Å². The molecule has 1 aliphatic rings. The highest BCUT2D eigenvalue weighted by Gasteiger charge is 2.32. The van der Waals surface area contributed by atoms with Gasteiger partial charge in [0.1, 0.15) is 18.1 Å². The van der Waals surface area contributed by atoms with Gasteiger partial charge in [0, 0.05) is 26.1 Å². The normalized spacial score (nSPS) is 13.8. The van der Waals surface area contributed by atoms with Crippen molar-refractivity contribution in [3.63, 3.8) is 0 Å². The lowest BCUT2D eigenvalue weighted by Gasteiger charge is -2.39. The van der Waals surface area contributed by atoms with E-state index < -0.39 is 0 Å². The highest BCUT2D eigenvalue weighted by Crippen LogP contribution is 2.21. The number of aryl methyl sites for hydroxylation is 1. The van der Waals surface area contributed by atoms with Crippen molar-refractivity contribution in [2.75, 3.05) is 13.1 Å². The molecule has 0 unspecified atom stereocenters. The SMILES string of the molecule is O=C(CCn1cnc2ccccc2c1=O)N1CC(n2cc(COc3ccccc3)nn2)C1. The Balaban J connectivity index is 1.12. The van der Waals surface area contributed by atoms with Crippen LogP contribution in [0.25, 0.3) is 10.9 Å². The summed E-state index contributed by atoms with van der Waals surface area (Å²) < 4.78 is 8.97. The molecule has 162 valence electrons. The summed E-state index contributed by atoms with van der Waals surface area (Å²) in [7, 11) is 0. The molecule has 0 N–H and O–H groups in total. The van der Waals surface area contributed by atoms with Crippen LogP contribution in [0.15, 0.2) is 71.9 Å². The average molecular weight is 430 g/mol. The first-order chi connectivity index (χ1) is 15.7. The summed E-state index contributed by atoms with van der Waals surface area (Å²) in [5.41, 5.74) is 1.27. The number of aromatic nitrogens is 5. The molecule has 2 aromatic heterocycles. The summed E-state index contributed by atoms with van der Waals surface area (Å²) in [6, 6.07) is 16.9. The number of hydrogen-bond acceptors (Lipinski definition) is 6. The number of nitrogens with zero attached hydrogens (tertiary/aromatic N) is 6. The van der Waals surface area contributed by atoms with Gasteiger partial charge in [-0.2, -0.15) is 0 Å². The van der Waals surface area contributed by atoms with Gasteiger partial charge < -0.3 is 9.64 Å². The van der Waals surface area contributed by atoms with Crippen LogP contribution >= 0.6 is 0 Å². The Hall–Kier alpha value is -4.01. The highest BCUT2D eigenvalue weighted by atomic mass is 16.5. The van der Waals surface area contributed by atoms with Crippen LogP contribution in [-0.2, 0) is 17.9 Å². The third-order valence-corrected chi connectivity index (χ3v) is 5.57. The van der Waals surface area contributed by atoms with Gasteiger partial charge in [0.15, 0.2) is 0 Å². The second kappa shape index (κ2) is 8.62. The largest absolute Gasteiger partial charge is 0.487 e. The monoisotopic (exact) mass is 430 g/mol. The Morgan fingerprint density at radius 2 is 1.84 bits per heavy atom. The van der Waals surface area contributed by atoms with Crippen LogP contribution in [0.2, 0.25) is 0 Å². The van der Waals surface area contributed by atoms with Gasteiger partial charge in [-0.1, -0.05) is 35.5 Å². The Kier molecular flexibility index (Phi) is 5.37. The maximum Gasteiger partial charge on any atom is 0.261 e. The smallest absolute Gasteiger partial charge is 0.261 e. The summed E-state index contributed by atoms with van der Waals surface area (Å²) in [5.74, 6) is 0.789. The third kappa shape index (κ3) is 4.09. The summed E-state index contributed by atoms with van der Waals surface area (Å²) in [6.07, 6.45) is 3.61. The maximum absolute atomic E-state index is 12.5. The molecule has 2 aromatic carbocycles. The number of carbonyl (C=O) groups is 1. The fourth-order valence-electron chi connectivity index (χ4n) is 3.70. The van der Waals surface area contributed by atoms with Crippen molar-refractivity contribution in [2.45, 2.75) is 25.6 Å². The van der Waals surface area contributed by atoms with Gasteiger partial charge in [0.05, 0.1) is 29.5 Å². The first-order valence-electron chi connectivity index (χ1n) is 10.5. The Labute approximate surface area is 183 Å². The summed E-state index contributed by atoms with van der Waals surface area (Å²) in [4.78, 5) is 31.2. The lowest BCUT2D eigenvalue weighted by Crippen LogP contribution is -2.51. The number of benzene rings is 2. The zero-order chi connectivity index (χ0) is 21.9. The molecule has 3 heterocycles. The molecule has 1 fully saturated rings. The molecule has 5 rings (SSSR count). The van der Waals surface area contributed by atoms with Gasteiger partial charge in [-0.05, 0) is 24.3 Å². The number of carbonyl (C=O) groups excluding carboxylic acids is 1. The Morgan fingerprint density at radius 1 is 1.06 bits per heavy atom. The van der Waals surface area contributed by atoms with Gasteiger partial charge in [-0.25, -0.2) is 9.67 Å². The van der Waals surface area contributed by atoms with Gasteiger partial charge in [0.25, 0.3) is 5.56 Å². The van der Waals surface area contributed by atoms with Crippen LogP contribution in [0, 0.1) is 0 Å². The van der Waals surface area contributed by atoms with Crippen LogP contribution in [0.4, 0.5) is 0 Å².